The van der Waals surface area contributed by atoms with Gasteiger partial charge in [0, 0.05) is 11.5 Å². The van der Waals surface area contributed by atoms with Gasteiger partial charge in [-0.1, -0.05) is 30.5 Å². The molecule has 0 radical (unpaired) electrons. The Bertz CT molecular complexity index is 874. The zero-order chi connectivity index (χ0) is 19.4. The van der Waals surface area contributed by atoms with Crippen LogP contribution in [0.2, 0.25) is 0 Å². The van der Waals surface area contributed by atoms with E-state index in [0.717, 1.165) is 41.9 Å². The summed E-state index contributed by atoms with van der Waals surface area (Å²) < 4.78 is 42.2. The van der Waals surface area contributed by atoms with E-state index in [1.54, 1.807) is 38.5 Å². The maximum atomic E-state index is 12.8. The van der Waals surface area contributed by atoms with Crippen LogP contribution in [0.25, 0.3) is 0 Å². The van der Waals surface area contributed by atoms with Gasteiger partial charge in [-0.2, -0.15) is 8.42 Å². The second-order valence-electron chi connectivity index (χ2n) is 6.90. The molecule has 0 amide bonds. The van der Waals surface area contributed by atoms with Crippen LogP contribution >= 0.6 is 0 Å². The predicted molar refractivity (Wildman–Crippen MR) is 104 cm³/mol. The smallest absolute Gasteiger partial charge is 0.297 e. The van der Waals surface area contributed by atoms with Crippen molar-refractivity contribution < 1.29 is 22.1 Å². The molecule has 0 spiro atoms. The third-order valence-electron chi connectivity index (χ3n) is 5.10. The van der Waals surface area contributed by atoms with E-state index in [1.165, 1.54) is 0 Å². The minimum atomic E-state index is -3.82. The number of ether oxygens (including phenoxy) is 2. The van der Waals surface area contributed by atoms with Crippen molar-refractivity contribution >= 4 is 10.1 Å². The normalized spacial score (nSPS) is 20.3. The molecule has 2 aromatic carbocycles. The van der Waals surface area contributed by atoms with Gasteiger partial charge in [0.1, 0.15) is 11.5 Å². The lowest BCUT2D eigenvalue weighted by atomic mass is 9.81. The van der Waals surface area contributed by atoms with E-state index < -0.39 is 16.2 Å². The van der Waals surface area contributed by atoms with Crippen LogP contribution in [0.5, 0.6) is 11.5 Å². The fourth-order valence-electron chi connectivity index (χ4n) is 3.62. The van der Waals surface area contributed by atoms with Crippen molar-refractivity contribution in [3.63, 3.8) is 0 Å². The molecule has 0 aliphatic heterocycles. The lowest BCUT2D eigenvalue weighted by Gasteiger charge is -2.32. The van der Waals surface area contributed by atoms with Gasteiger partial charge in [0.05, 0.1) is 25.2 Å². The van der Waals surface area contributed by atoms with Gasteiger partial charge in [0.15, 0.2) is 0 Å². The molecule has 146 valence electrons. The van der Waals surface area contributed by atoms with Crippen LogP contribution in [0.3, 0.4) is 0 Å². The first kappa shape index (κ1) is 19.7. The molecule has 27 heavy (non-hydrogen) atoms. The van der Waals surface area contributed by atoms with Crippen LogP contribution in [0, 0.1) is 6.92 Å². The molecule has 5 nitrogen and oxygen atoms in total. The first-order valence-electron chi connectivity index (χ1n) is 9.16. The molecule has 0 heterocycles. The van der Waals surface area contributed by atoms with Crippen molar-refractivity contribution in [3.8, 4) is 11.5 Å². The third kappa shape index (κ3) is 4.45. The van der Waals surface area contributed by atoms with E-state index >= 15 is 0 Å². The van der Waals surface area contributed by atoms with Crippen LogP contribution in [0.15, 0.2) is 47.4 Å². The summed E-state index contributed by atoms with van der Waals surface area (Å²) in [6.45, 7) is 1.92. The van der Waals surface area contributed by atoms with Gasteiger partial charge < -0.3 is 9.47 Å². The molecule has 0 bridgehead atoms. The molecule has 1 aliphatic rings. The lowest BCUT2D eigenvalue weighted by Crippen LogP contribution is -2.29. The summed E-state index contributed by atoms with van der Waals surface area (Å²) in [5.41, 5.74) is 1.94. The Labute approximate surface area is 161 Å². The molecule has 1 fully saturated rings. The summed E-state index contributed by atoms with van der Waals surface area (Å²) in [7, 11) is -0.593. The summed E-state index contributed by atoms with van der Waals surface area (Å²) >= 11 is 0. The number of methoxy groups -OCH3 is 2. The van der Waals surface area contributed by atoms with Gasteiger partial charge in [-0.3, -0.25) is 4.18 Å². The molecule has 6 heteroatoms. The zero-order valence-electron chi connectivity index (χ0n) is 16.0. The Morgan fingerprint density at radius 3 is 2.30 bits per heavy atom. The van der Waals surface area contributed by atoms with Crippen LogP contribution in [-0.2, 0) is 14.3 Å². The monoisotopic (exact) mass is 390 g/mol. The van der Waals surface area contributed by atoms with E-state index in [4.69, 9.17) is 13.7 Å². The second kappa shape index (κ2) is 8.31. The topological polar surface area (TPSA) is 61.8 Å². The maximum absolute atomic E-state index is 12.8. The molecule has 1 saturated carbocycles. The number of hydrogen-bond acceptors (Lipinski definition) is 5. The summed E-state index contributed by atoms with van der Waals surface area (Å²) in [6.07, 6.45) is 3.08. The van der Waals surface area contributed by atoms with Crippen LogP contribution in [0.4, 0.5) is 0 Å². The minimum Gasteiger partial charge on any atom is -0.497 e. The van der Waals surface area contributed by atoms with Gasteiger partial charge in [-0.25, -0.2) is 0 Å². The molecule has 2 atom stereocenters. The second-order valence-corrected chi connectivity index (χ2v) is 8.47. The average Bonchev–Trinajstić information content (AvgIpc) is 2.68. The molecule has 0 aromatic heterocycles. The van der Waals surface area contributed by atoms with Gasteiger partial charge in [-0.05, 0) is 50.1 Å². The number of benzene rings is 2. The Kier molecular flexibility index (Phi) is 6.07. The van der Waals surface area contributed by atoms with Crippen molar-refractivity contribution in [2.45, 2.75) is 49.5 Å². The first-order valence-corrected chi connectivity index (χ1v) is 10.6. The Morgan fingerprint density at radius 1 is 0.926 bits per heavy atom. The van der Waals surface area contributed by atoms with Crippen molar-refractivity contribution in [1.82, 2.24) is 0 Å². The van der Waals surface area contributed by atoms with Crippen molar-refractivity contribution in [3.05, 3.63) is 53.6 Å². The maximum Gasteiger partial charge on any atom is 0.297 e. The van der Waals surface area contributed by atoms with E-state index in [0.29, 0.717) is 6.42 Å². The highest BCUT2D eigenvalue weighted by Gasteiger charge is 2.34. The minimum absolute atomic E-state index is 0.0657. The molecule has 2 aromatic rings. The summed E-state index contributed by atoms with van der Waals surface area (Å²) in [4.78, 5) is 0.190. The molecule has 1 aliphatic carbocycles. The van der Waals surface area contributed by atoms with Gasteiger partial charge in [0.2, 0.25) is 0 Å². The molecule has 0 saturated heterocycles. The zero-order valence-corrected chi connectivity index (χ0v) is 16.8. The fraction of sp³-hybridized carbons (Fsp3) is 0.429. The molecule has 2 unspecified atom stereocenters. The number of aryl methyl sites for hydroxylation is 1. The largest absolute Gasteiger partial charge is 0.497 e. The van der Waals surface area contributed by atoms with E-state index in [-0.39, 0.29) is 10.8 Å². The van der Waals surface area contributed by atoms with Crippen LogP contribution in [-0.4, -0.2) is 28.7 Å². The molecular formula is C21H26O5S. The Hall–Kier alpha value is -2.05. The Morgan fingerprint density at radius 2 is 1.63 bits per heavy atom. The SMILES string of the molecule is COc1ccc(OC)c(C2CCCCC2OS(=O)(=O)c2ccc(C)cc2)c1. The predicted octanol–water partition coefficient (Wildman–Crippen LogP) is 4.44. The van der Waals surface area contributed by atoms with Gasteiger partial charge in [-0.15, -0.1) is 0 Å². The fourth-order valence-corrected chi connectivity index (χ4v) is 4.76. The number of hydrogen-bond donors (Lipinski definition) is 0. The molecular weight excluding hydrogens is 364 g/mol. The Balaban J connectivity index is 1.91. The average molecular weight is 391 g/mol. The summed E-state index contributed by atoms with van der Waals surface area (Å²) in [5.74, 6) is 1.38. The number of rotatable bonds is 6. The van der Waals surface area contributed by atoms with Crippen LogP contribution < -0.4 is 9.47 Å². The van der Waals surface area contributed by atoms with Gasteiger partial charge >= 0.3 is 0 Å². The van der Waals surface area contributed by atoms with Crippen molar-refractivity contribution in [1.29, 1.82) is 0 Å². The molecule has 0 N–H and O–H groups in total. The summed E-state index contributed by atoms with van der Waals surface area (Å²) in [6, 6.07) is 12.4. The highest BCUT2D eigenvalue weighted by atomic mass is 32.2. The van der Waals surface area contributed by atoms with Crippen molar-refractivity contribution in [2.24, 2.45) is 0 Å². The van der Waals surface area contributed by atoms with Gasteiger partial charge in [0.25, 0.3) is 10.1 Å². The first-order chi connectivity index (χ1) is 12.9. The van der Waals surface area contributed by atoms with E-state index in [1.807, 2.05) is 25.1 Å². The highest BCUT2D eigenvalue weighted by molar-refractivity contribution is 7.86. The highest BCUT2D eigenvalue weighted by Crippen LogP contribution is 2.41. The van der Waals surface area contributed by atoms with Crippen LogP contribution in [0.1, 0.15) is 42.7 Å². The lowest BCUT2D eigenvalue weighted by molar-refractivity contribution is 0.135. The van der Waals surface area contributed by atoms with E-state index in [2.05, 4.69) is 0 Å². The standard InChI is InChI=1S/C21H26O5S/c1-15-8-11-17(12-9-15)27(22,23)26-21-7-5-4-6-18(21)19-14-16(24-2)10-13-20(19)25-3/h8-14,18,21H,4-7H2,1-3H3. The third-order valence-corrected chi connectivity index (χ3v) is 6.45. The van der Waals surface area contributed by atoms with E-state index in [9.17, 15) is 8.42 Å². The molecule has 3 rings (SSSR count). The summed E-state index contributed by atoms with van der Waals surface area (Å²) in [5, 5.41) is 0. The van der Waals surface area contributed by atoms with Crippen molar-refractivity contribution in [2.75, 3.05) is 14.2 Å². The quantitative estimate of drug-likeness (QED) is 0.682.